The van der Waals surface area contributed by atoms with Gasteiger partial charge in [-0.05, 0) is 60.9 Å². The van der Waals surface area contributed by atoms with Gasteiger partial charge >= 0.3 is 0 Å². The molecule has 0 bridgehead atoms. The zero-order chi connectivity index (χ0) is 25.5. The molecule has 1 amide bonds. The SMILES string of the molecule is Cc1ccc(S(=O)(=O)N(Cc2ccc(Cl)cc2)c2ccccc2C(=O)NCCc2ccccc2)cc1. The molecule has 4 rings (SSSR count). The van der Waals surface area contributed by atoms with Crippen molar-refractivity contribution in [3.63, 3.8) is 0 Å². The number of aryl methyl sites for hydroxylation is 1. The summed E-state index contributed by atoms with van der Waals surface area (Å²) in [5.41, 5.74) is 3.41. The van der Waals surface area contributed by atoms with Gasteiger partial charge in [-0.2, -0.15) is 0 Å². The van der Waals surface area contributed by atoms with Gasteiger partial charge in [-0.25, -0.2) is 8.42 Å². The van der Waals surface area contributed by atoms with Crippen LogP contribution in [0.1, 0.15) is 27.0 Å². The van der Waals surface area contributed by atoms with Crippen LogP contribution in [0.2, 0.25) is 5.02 Å². The molecular weight excluding hydrogens is 492 g/mol. The van der Waals surface area contributed by atoms with Crippen molar-refractivity contribution in [3.05, 3.63) is 130 Å². The average Bonchev–Trinajstić information content (AvgIpc) is 2.89. The monoisotopic (exact) mass is 518 g/mol. The number of hydrogen-bond donors (Lipinski definition) is 1. The van der Waals surface area contributed by atoms with E-state index in [9.17, 15) is 13.2 Å². The predicted octanol–water partition coefficient (Wildman–Crippen LogP) is 6.02. The second-order valence-corrected chi connectivity index (χ2v) is 10.8. The summed E-state index contributed by atoms with van der Waals surface area (Å²) in [5, 5.41) is 3.49. The molecule has 0 unspecified atom stereocenters. The molecule has 0 aliphatic rings. The van der Waals surface area contributed by atoms with Gasteiger partial charge in [0.15, 0.2) is 0 Å². The second-order valence-electron chi connectivity index (χ2n) is 8.46. The summed E-state index contributed by atoms with van der Waals surface area (Å²) in [7, 11) is -3.98. The number of anilines is 1. The number of rotatable bonds is 9. The zero-order valence-corrected chi connectivity index (χ0v) is 21.5. The first-order valence-corrected chi connectivity index (χ1v) is 13.4. The molecule has 184 valence electrons. The number of carbonyl (C=O) groups is 1. The van der Waals surface area contributed by atoms with E-state index in [2.05, 4.69) is 5.32 Å². The van der Waals surface area contributed by atoms with E-state index in [1.807, 2.05) is 37.3 Å². The molecule has 4 aromatic carbocycles. The highest BCUT2D eigenvalue weighted by atomic mass is 35.5. The minimum absolute atomic E-state index is 0.0433. The largest absolute Gasteiger partial charge is 0.352 e. The first-order valence-electron chi connectivity index (χ1n) is 11.6. The number of amides is 1. The number of carbonyl (C=O) groups excluding carboxylic acids is 1. The molecule has 0 atom stereocenters. The summed E-state index contributed by atoms with van der Waals surface area (Å²) in [6.45, 7) is 2.37. The van der Waals surface area contributed by atoms with E-state index in [0.29, 0.717) is 23.7 Å². The fourth-order valence-electron chi connectivity index (χ4n) is 3.84. The zero-order valence-electron chi connectivity index (χ0n) is 19.9. The third-order valence-electron chi connectivity index (χ3n) is 5.81. The van der Waals surface area contributed by atoms with Crippen LogP contribution >= 0.6 is 11.6 Å². The van der Waals surface area contributed by atoms with Crippen molar-refractivity contribution < 1.29 is 13.2 Å². The number of hydrogen-bond acceptors (Lipinski definition) is 3. The minimum Gasteiger partial charge on any atom is -0.352 e. The van der Waals surface area contributed by atoms with E-state index >= 15 is 0 Å². The Balaban J connectivity index is 1.68. The van der Waals surface area contributed by atoms with Crippen LogP contribution < -0.4 is 9.62 Å². The quantitative estimate of drug-likeness (QED) is 0.295. The van der Waals surface area contributed by atoms with Gasteiger partial charge in [0.2, 0.25) is 0 Å². The summed E-state index contributed by atoms with van der Waals surface area (Å²) in [6, 6.07) is 30.3. The summed E-state index contributed by atoms with van der Waals surface area (Å²) < 4.78 is 29.0. The molecule has 0 saturated heterocycles. The van der Waals surface area contributed by atoms with Gasteiger partial charge in [0.1, 0.15) is 0 Å². The van der Waals surface area contributed by atoms with Crippen molar-refractivity contribution in [2.24, 2.45) is 0 Å². The maximum absolute atomic E-state index is 13.9. The molecule has 0 fully saturated rings. The molecule has 0 aliphatic heterocycles. The molecule has 4 aromatic rings. The van der Waals surface area contributed by atoms with Crippen molar-refractivity contribution in [2.75, 3.05) is 10.8 Å². The molecule has 0 aliphatic carbocycles. The van der Waals surface area contributed by atoms with Gasteiger partial charge in [-0.3, -0.25) is 9.10 Å². The smallest absolute Gasteiger partial charge is 0.264 e. The maximum Gasteiger partial charge on any atom is 0.264 e. The van der Waals surface area contributed by atoms with Crippen molar-refractivity contribution >= 4 is 33.2 Å². The van der Waals surface area contributed by atoms with Crippen LogP contribution in [-0.4, -0.2) is 20.9 Å². The van der Waals surface area contributed by atoms with Gasteiger partial charge in [-0.1, -0.05) is 83.9 Å². The molecule has 0 radical (unpaired) electrons. The van der Waals surface area contributed by atoms with E-state index < -0.39 is 10.0 Å². The Morgan fingerprint density at radius 3 is 2.14 bits per heavy atom. The van der Waals surface area contributed by atoms with Crippen LogP contribution in [0, 0.1) is 6.92 Å². The normalized spacial score (nSPS) is 11.2. The highest BCUT2D eigenvalue weighted by Crippen LogP contribution is 2.29. The van der Waals surface area contributed by atoms with Crippen molar-refractivity contribution in [1.29, 1.82) is 0 Å². The Morgan fingerprint density at radius 2 is 1.44 bits per heavy atom. The van der Waals surface area contributed by atoms with Crippen LogP contribution in [0.5, 0.6) is 0 Å². The molecule has 36 heavy (non-hydrogen) atoms. The molecule has 0 saturated carbocycles. The highest BCUT2D eigenvalue weighted by Gasteiger charge is 2.28. The Kier molecular flexibility index (Phi) is 8.08. The number of nitrogens with one attached hydrogen (secondary N) is 1. The van der Waals surface area contributed by atoms with Gasteiger partial charge in [-0.15, -0.1) is 0 Å². The Hall–Kier alpha value is -3.61. The van der Waals surface area contributed by atoms with Gasteiger partial charge in [0.25, 0.3) is 15.9 Å². The molecule has 1 N–H and O–H groups in total. The Bertz CT molecular complexity index is 1420. The molecule has 0 aromatic heterocycles. The number of sulfonamides is 1. The highest BCUT2D eigenvalue weighted by molar-refractivity contribution is 7.92. The third-order valence-corrected chi connectivity index (χ3v) is 7.83. The lowest BCUT2D eigenvalue weighted by molar-refractivity contribution is 0.0955. The topological polar surface area (TPSA) is 66.5 Å². The minimum atomic E-state index is -3.98. The number of benzene rings is 4. The first kappa shape index (κ1) is 25.5. The van der Waals surface area contributed by atoms with Crippen molar-refractivity contribution in [1.82, 2.24) is 5.32 Å². The second kappa shape index (κ2) is 11.4. The average molecular weight is 519 g/mol. The van der Waals surface area contributed by atoms with Gasteiger partial charge < -0.3 is 5.32 Å². The van der Waals surface area contributed by atoms with E-state index in [1.54, 1.807) is 72.8 Å². The van der Waals surface area contributed by atoms with Crippen molar-refractivity contribution in [3.8, 4) is 0 Å². The standard InChI is InChI=1S/C29H27ClN2O3S/c1-22-11-17-26(18-12-22)36(34,35)32(21-24-13-15-25(30)16-14-24)28-10-6-5-9-27(28)29(33)31-20-19-23-7-3-2-4-8-23/h2-18H,19-21H2,1H3,(H,31,33). The molecule has 0 heterocycles. The summed E-state index contributed by atoms with van der Waals surface area (Å²) >= 11 is 6.04. The van der Waals surface area contributed by atoms with Crippen LogP contribution in [0.3, 0.4) is 0 Å². The fraction of sp³-hybridized carbons (Fsp3) is 0.138. The van der Waals surface area contributed by atoms with E-state index in [1.165, 1.54) is 4.31 Å². The Labute approximate surface area is 217 Å². The Morgan fingerprint density at radius 1 is 0.806 bits per heavy atom. The fourth-order valence-corrected chi connectivity index (χ4v) is 5.43. The van der Waals surface area contributed by atoms with Gasteiger partial charge in [0, 0.05) is 11.6 Å². The van der Waals surface area contributed by atoms with Crippen LogP contribution in [0.25, 0.3) is 0 Å². The molecular formula is C29H27ClN2O3S. The van der Waals surface area contributed by atoms with E-state index in [4.69, 9.17) is 11.6 Å². The van der Waals surface area contributed by atoms with Crippen LogP contribution in [-0.2, 0) is 23.0 Å². The number of halogens is 1. The summed E-state index contributed by atoms with van der Waals surface area (Å²) in [4.78, 5) is 13.4. The van der Waals surface area contributed by atoms with Crippen LogP contribution in [0.4, 0.5) is 5.69 Å². The number of nitrogens with zero attached hydrogens (tertiary/aromatic N) is 1. The lowest BCUT2D eigenvalue weighted by atomic mass is 10.1. The first-order chi connectivity index (χ1) is 17.3. The lowest BCUT2D eigenvalue weighted by Crippen LogP contribution is -2.34. The number of para-hydroxylation sites is 1. The van der Waals surface area contributed by atoms with E-state index in [0.717, 1.165) is 16.7 Å². The van der Waals surface area contributed by atoms with E-state index in [-0.39, 0.29) is 22.9 Å². The van der Waals surface area contributed by atoms with Gasteiger partial charge in [0.05, 0.1) is 22.7 Å². The maximum atomic E-state index is 13.9. The summed E-state index contributed by atoms with van der Waals surface area (Å²) in [6.07, 6.45) is 0.672. The molecule has 7 heteroatoms. The third kappa shape index (κ3) is 6.14. The lowest BCUT2D eigenvalue weighted by Gasteiger charge is -2.27. The predicted molar refractivity (Wildman–Crippen MR) is 145 cm³/mol. The van der Waals surface area contributed by atoms with Crippen molar-refractivity contribution in [2.45, 2.75) is 24.8 Å². The molecule has 0 spiro atoms. The molecule has 5 nitrogen and oxygen atoms in total. The summed E-state index contributed by atoms with van der Waals surface area (Å²) in [5.74, 6) is -0.332. The van der Waals surface area contributed by atoms with Crippen LogP contribution in [0.15, 0.2) is 108 Å².